The van der Waals surface area contributed by atoms with E-state index >= 15 is 0 Å². The molecule has 0 heterocycles. The fourth-order valence-corrected chi connectivity index (χ4v) is 6.19. The van der Waals surface area contributed by atoms with Crippen LogP contribution in [0.15, 0.2) is 36.4 Å². The van der Waals surface area contributed by atoms with Crippen LogP contribution in [0.1, 0.15) is 56.0 Å². The third-order valence-electron chi connectivity index (χ3n) is 8.27. The largest absolute Gasteiger partial charge is 0.456 e. The van der Waals surface area contributed by atoms with Gasteiger partial charge in [-0.3, -0.25) is 9.59 Å². The fraction of sp³-hybridized carbons (Fsp3) is 0.560. The number of benzene rings is 1. The van der Waals surface area contributed by atoms with Crippen LogP contribution in [0.25, 0.3) is 0 Å². The minimum atomic E-state index is -0.543. The monoisotopic (exact) mass is 392 g/mol. The minimum absolute atomic E-state index is 0.00520. The Labute approximate surface area is 171 Å². The Morgan fingerprint density at radius 1 is 1.03 bits per heavy atom. The Balaban J connectivity index is 1.41. The summed E-state index contributed by atoms with van der Waals surface area (Å²) in [5.41, 5.74) is 1.02. The summed E-state index contributed by atoms with van der Waals surface area (Å²) in [6.07, 6.45) is 4.86. The fourth-order valence-electron chi connectivity index (χ4n) is 6.19. The quantitative estimate of drug-likeness (QED) is 0.438. The highest BCUT2D eigenvalue weighted by Gasteiger charge is 2.68. The Morgan fingerprint density at radius 3 is 2.41 bits per heavy atom. The number of carbonyl (C=O) groups excluding carboxylic acids is 3. The van der Waals surface area contributed by atoms with Gasteiger partial charge in [0.2, 0.25) is 0 Å². The molecule has 0 saturated heterocycles. The molecule has 4 nitrogen and oxygen atoms in total. The highest BCUT2D eigenvalue weighted by molar-refractivity contribution is 5.99. The summed E-state index contributed by atoms with van der Waals surface area (Å²) >= 11 is 0. The lowest BCUT2D eigenvalue weighted by atomic mass is 9.68. The van der Waals surface area contributed by atoms with Gasteiger partial charge in [-0.2, -0.15) is 0 Å². The first-order valence-corrected chi connectivity index (χ1v) is 10.8. The summed E-state index contributed by atoms with van der Waals surface area (Å²) in [4.78, 5) is 38.3. The van der Waals surface area contributed by atoms with E-state index in [-0.39, 0.29) is 53.3 Å². The van der Waals surface area contributed by atoms with Crippen molar-refractivity contribution in [3.63, 3.8) is 0 Å². The molecule has 5 rings (SSSR count). The maximum absolute atomic E-state index is 13.0. The number of esters is 1. The molecule has 4 heteroatoms. The van der Waals surface area contributed by atoms with Crippen LogP contribution in [0.5, 0.6) is 0 Å². The van der Waals surface area contributed by atoms with E-state index in [1.807, 2.05) is 58.0 Å². The van der Waals surface area contributed by atoms with Crippen molar-refractivity contribution in [1.82, 2.24) is 0 Å². The topological polar surface area (TPSA) is 60.4 Å². The summed E-state index contributed by atoms with van der Waals surface area (Å²) in [7, 11) is 0. The predicted molar refractivity (Wildman–Crippen MR) is 108 cm³/mol. The van der Waals surface area contributed by atoms with E-state index in [1.54, 1.807) is 6.07 Å². The van der Waals surface area contributed by atoms with Gasteiger partial charge in [0, 0.05) is 23.7 Å². The molecule has 0 N–H and O–H groups in total. The lowest BCUT2D eigenvalue weighted by Gasteiger charge is -2.34. The zero-order chi connectivity index (χ0) is 20.7. The van der Waals surface area contributed by atoms with Crippen LogP contribution in [-0.2, 0) is 14.3 Å². The number of hydrogen-bond donors (Lipinski definition) is 0. The Hall–Kier alpha value is -2.23. The molecule has 3 saturated carbocycles. The SMILES string of the molecule is CC(C)C(C)(C)OC(=O)c1cccc(C2CC3C(=O)C2C2C4C=CC(C4=O)C32)c1. The van der Waals surface area contributed by atoms with Gasteiger partial charge in [-0.25, -0.2) is 4.79 Å². The maximum Gasteiger partial charge on any atom is 0.338 e. The molecule has 152 valence electrons. The van der Waals surface area contributed by atoms with Gasteiger partial charge in [-0.1, -0.05) is 38.1 Å². The molecule has 0 amide bonds. The number of hydrogen-bond acceptors (Lipinski definition) is 4. The molecule has 0 aliphatic heterocycles. The average Bonchev–Trinajstić information content (AvgIpc) is 3.38. The van der Waals surface area contributed by atoms with Gasteiger partial charge in [0.15, 0.2) is 0 Å². The van der Waals surface area contributed by atoms with Crippen LogP contribution in [0.3, 0.4) is 0 Å². The van der Waals surface area contributed by atoms with Gasteiger partial charge in [0.1, 0.15) is 17.2 Å². The predicted octanol–water partition coefficient (Wildman–Crippen LogP) is 4.20. The number of carbonyl (C=O) groups is 3. The third kappa shape index (κ3) is 2.54. The van der Waals surface area contributed by atoms with E-state index in [1.165, 1.54) is 0 Å². The number of fused-ring (bicyclic) bond motifs is 9. The first-order chi connectivity index (χ1) is 13.7. The van der Waals surface area contributed by atoms with Gasteiger partial charge < -0.3 is 4.74 Å². The van der Waals surface area contributed by atoms with E-state index in [4.69, 9.17) is 4.74 Å². The van der Waals surface area contributed by atoms with Crippen molar-refractivity contribution in [3.05, 3.63) is 47.5 Å². The molecule has 7 unspecified atom stereocenters. The third-order valence-corrected chi connectivity index (χ3v) is 8.27. The Bertz CT molecular complexity index is 940. The van der Waals surface area contributed by atoms with Crippen molar-refractivity contribution < 1.29 is 19.1 Å². The molecular formula is C25H28O4. The van der Waals surface area contributed by atoms with Crippen molar-refractivity contribution in [2.45, 2.75) is 45.6 Å². The normalized spacial score (nSPS) is 36.9. The van der Waals surface area contributed by atoms with Gasteiger partial charge in [-0.15, -0.1) is 0 Å². The molecule has 0 aromatic heterocycles. The van der Waals surface area contributed by atoms with Gasteiger partial charge in [-0.05, 0) is 61.6 Å². The molecular weight excluding hydrogens is 364 g/mol. The standard InChI is InChI=1S/C25H28O4/c1-12(2)25(3,4)29-24(28)14-7-5-6-13(10-14)17-11-18-19-15-8-9-16(22(15)26)20(19)21(17)23(18)27/h5-10,12,15-21H,11H2,1-4H3. The number of rotatable bonds is 4. The lowest BCUT2D eigenvalue weighted by Crippen LogP contribution is -2.33. The highest BCUT2D eigenvalue weighted by atomic mass is 16.6. The highest BCUT2D eigenvalue weighted by Crippen LogP contribution is 2.66. The molecule has 29 heavy (non-hydrogen) atoms. The Morgan fingerprint density at radius 2 is 1.72 bits per heavy atom. The zero-order valence-corrected chi connectivity index (χ0v) is 17.4. The van der Waals surface area contributed by atoms with Crippen molar-refractivity contribution in [2.75, 3.05) is 0 Å². The minimum Gasteiger partial charge on any atom is -0.456 e. The zero-order valence-electron chi connectivity index (χ0n) is 17.4. The number of ketones is 2. The molecule has 4 aliphatic carbocycles. The van der Waals surface area contributed by atoms with Gasteiger partial charge in [0.25, 0.3) is 0 Å². The van der Waals surface area contributed by atoms with Crippen LogP contribution < -0.4 is 0 Å². The van der Waals surface area contributed by atoms with Gasteiger partial charge >= 0.3 is 5.97 Å². The molecule has 3 fully saturated rings. The lowest BCUT2D eigenvalue weighted by molar-refractivity contribution is -0.125. The summed E-state index contributed by atoms with van der Waals surface area (Å²) in [5.74, 6) is 0.795. The molecule has 4 aliphatic rings. The summed E-state index contributed by atoms with van der Waals surface area (Å²) in [5, 5.41) is 0. The number of Topliss-reactive ketones (excluding diaryl/α,β-unsaturated/α-hetero) is 2. The summed E-state index contributed by atoms with van der Waals surface area (Å²) < 4.78 is 5.75. The van der Waals surface area contributed by atoms with Crippen molar-refractivity contribution in [2.24, 2.45) is 41.4 Å². The first-order valence-electron chi connectivity index (χ1n) is 10.8. The number of ether oxygens (including phenoxy) is 1. The molecule has 0 spiro atoms. The van der Waals surface area contributed by atoms with E-state index in [0.717, 1.165) is 12.0 Å². The summed E-state index contributed by atoms with van der Waals surface area (Å²) in [6, 6.07) is 7.58. The second kappa shape index (κ2) is 6.13. The van der Waals surface area contributed by atoms with Crippen molar-refractivity contribution in [1.29, 1.82) is 0 Å². The van der Waals surface area contributed by atoms with Crippen molar-refractivity contribution >= 4 is 17.5 Å². The second-order valence-corrected chi connectivity index (χ2v) is 10.1. The van der Waals surface area contributed by atoms with E-state index in [0.29, 0.717) is 17.1 Å². The molecule has 1 aromatic rings. The average molecular weight is 392 g/mol. The van der Waals surface area contributed by atoms with Crippen LogP contribution >= 0.6 is 0 Å². The van der Waals surface area contributed by atoms with Crippen molar-refractivity contribution in [3.8, 4) is 0 Å². The van der Waals surface area contributed by atoms with E-state index < -0.39 is 5.60 Å². The molecule has 4 bridgehead atoms. The van der Waals surface area contributed by atoms with Crippen LogP contribution in [0.4, 0.5) is 0 Å². The molecule has 1 aromatic carbocycles. The van der Waals surface area contributed by atoms with Gasteiger partial charge in [0.05, 0.1) is 5.56 Å². The number of allylic oxidation sites excluding steroid dienone is 2. The maximum atomic E-state index is 13.0. The summed E-state index contributed by atoms with van der Waals surface area (Å²) in [6.45, 7) is 7.92. The van der Waals surface area contributed by atoms with E-state index in [9.17, 15) is 14.4 Å². The molecule has 7 atom stereocenters. The van der Waals surface area contributed by atoms with Crippen LogP contribution in [0.2, 0.25) is 0 Å². The Kier molecular flexibility index (Phi) is 3.97. The smallest absolute Gasteiger partial charge is 0.338 e. The molecule has 0 radical (unpaired) electrons. The second-order valence-electron chi connectivity index (χ2n) is 10.1. The van der Waals surface area contributed by atoms with Crippen LogP contribution in [-0.4, -0.2) is 23.1 Å². The van der Waals surface area contributed by atoms with Crippen LogP contribution in [0, 0.1) is 41.4 Å². The van der Waals surface area contributed by atoms with E-state index in [2.05, 4.69) is 0 Å². The first kappa shape index (κ1) is 18.8.